The molecular formula is C14H20N4OS. The van der Waals surface area contributed by atoms with Gasteiger partial charge in [0.25, 0.3) is 0 Å². The fourth-order valence-corrected chi connectivity index (χ4v) is 3.87. The van der Waals surface area contributed by atoms with E-state index in [9.17, 15) is 0 Å². The van der Waals surface area contributed by atoms with Gasteiger partial charge >= 0.3 is 0 Å². The second-order valence-electron chi connectivity index (χ2n) is 5.38. The van der Waals surface area contributed by atoms with Crippen molar-refractivity contribution in [1.82, 2.24) is 19.9 Å². The van der Waals surface area contributed by atoms with E-state index in [0.29, 0.717) is 12.5 Å². The Balaban J connectivity index is 1.79. The molecule has 0 radical (unpaired) electrons. The number of ether oxygens (including phenoxy) is 1. The molecule has 1 atom stereocenters. The summed E-state index contributed by atoms with van der Waals surface area (Å²) in [4.78, 5) is 5.21. The van der Waals surface area contributed by atoms with Gasteiger partial charge in [0.2, 0.25) is 0 Å². The average Bonchev–Trinajstić information content (AvgIpc) is 2.97. The number of rotatable bonds is 4. The van der Waals surface area contributed by atoms with E-state index in [1.165, 1.54) is 15.4 Å². The highest BCUT2D eigenvalue weighted by Crippen LogP contribution is 2.28. The van der Waals surface area contributed by atoms with Crippen molar-refractivity contribution in [2.24, 2.45) is 7.05 Å². The van der Waals surface area contributed by atoms with Crippen molar-refractivity contribution in [1.29, 1.82) is 0 Å². The summed E-state index contributed by atoms with van der Waals surface area (Å²) in [7, 11) is 3.72. The molecule has 0 saturated carbocycles. The second-order valence-corrected chi connectivity index (χ2v) is 6.75. The van der Waals surface area contributed by atoms with Crippen LogP contribution in [0.3, 0.4) is 0 Å². The molecule has 0 bridgehead atoms. The molecule has 0 amide bonds. The van der Waals surface area contributed by atoms with E-state index in [-0.39, 0.29) is 0 Å². The van der Waals surface area contributed by atoms with Crippen molar-refractivity contribution in [3.05, 3.63) is 33.3 Å². The van der Waals surface area contributed by atoms with Gasteiger partial charge in [0, 0.05) is 49.5 Å². The number of hydrogen-bond acceptors (Lipinski definition) is 5. The van der Waals surface area contributed by atoms with Crippen LogP contribution < -0.4 is 0 Å². The zero-order valence-electron chi connectivity index (χ0n) is 12.2. The molecule has 2 aromatic rings. The molecule has 5 nitrogen and oxygen atoms in total. The molecule has 2 aromatic heterocycles. The number of aryl methyl sites for hydroxylation is 2. The number of hydrogen-bond donors (Lipinski definition) is 0. The quantitative estimate of drug-likeness (QED) is 0.863. The van der Waals surface area contributed by atoms with Gasteiger partial charge in [-0.25, -0.2) is 0 Å². The molecule has 6 heteroatoms. The van der Waals surface area contributed by atoms with Crippen LogP contribution in [-0.4, -0.2) is 40.2 Å². The van der Waals surface area contributed by atoms with E-state index in [4.69, 9.17) is 4.74 Å². The zero-order valence-corrected chi connectivity index (χ0v) is 13.0. The third kappa shape index (κ3) is 2.63. The molecule has 1 aliphatic heterocycles. The van der Waals surface area contributed by atoms with Gasteiger partial charge in [0.15, 0.2) is 0 Å². The molecule has 1 aliphatic rings. The van der Waals surface area contributed by atoms with Crippen molar-refractivity contribution in [3.63, 3.8) is 0 Å². The Hall–Kier alpha value is -1.24. The summed E-state index contributed by atoms with van der Waals surface area (Å²) in [5.74, 6) is 0.352. The maximum atomic E-state index is 5.37. The van der Waals surface area contributed by atoms with Crippen molar-refractivity contribution < 1.29 is 4.74 Å². The summed E-state index contributed by atoms with van der Waals surface area (Å²) < 4.78 is 7.27. The minimum Gasteiger partial charge on any atom is -0.384 e. The van der Waals surface area contributed by atoms with Crippen LogP contribution in [0.25, 0.3) is 0 Å². The zero-order chi connectivity index (χ0) is 14.1. The minimum atomic E-state index is 0.352. The lowest BCUT2D eigenvalue weighted by Crippen LogP contribution is -2.35. The predicted octanol–water partition coefficient (Wildman–Crippen LogP) is 1.93. The van der Waals surface area contributed by atoms with Crippen LogP contribution in [0, 0.1) is 6.92 Å². The van der Waals surface area contributed by atoms with E-state index >= 15 is 0 Å². The first-order valence-electron chi connectivity index (χ1n) is 6.82. The highest BCUT2D eigenvalue weighted by Gasteiger charge is 2.30. The average molecular weight is 292 g/mol. The Morgan fingerprint density at radius 3 is 3.00 bits per heavy atom. The first kappa shape index (κ1) is 13.7. The van der Waals surface area contributed by atoms with Crippen molar-refractivity contribution >= 4 is 11.3 Å². The second kappa shape index (κ2) is 5.63. The minimum absolute atomic E-state index is 0.352. The largest absolute Gasteiger partial charge is 0.384 e. The maximum Gasteiger partial charge on any atom is 0.100 e. The van der Waals surface area contributed by atoms with E-state index in [1.807, 2.05) is 23.1 Å². The Morgan fingerprint density at radius 1 is 1.45 bits per heavy atom. The van der Waals surface area contributed by atoms with Gasteiger partial charge in [-0.15, -0.1) is 16.4 Å². The topological polar surface area (TPSA) is 43.2 Å². The van der Waals surface area contributed by atoms with Gasteiger partial charge in [0.1, 0.15) is 5.69 Å². The van der Waals surface area contributed by atoms with Gasteiger partial charge in [-0.2, -0.15) is 0 Å². The number of aromatic nitrogens is 3. The number of nitrogens with zero attached hydrogens (tertiary/aromatic N) is 4. The molecule has 0 unspecified atom stereocenters. The van der Waals surface area contributed by atoms with Crippen molar-refractivity contribution in [3.8, 4) is 0 Å². The van der Waals surface area contributed by atoms with Gasteiger partial charge in [-0.1, -0.05) is 5.21 Å². The third-order valence-electron chi connectivity index (χ3n) is 3.73. The van der Waals surface area contributed by atoms with E-state index in [2.05, 4.69) is 34.3 Å². The summed E-state index contributed by atoms with van der Waals surface area (Å²) >= 11 is 1.87. The first-order valence-corrected chi connectivity index (χ1v) is 7.64. The maximum absolute atomic E-state index is 5.37. The van der Waals surface area contributed by atoms with Gasteiger partial charge in [-0.3, -0.25) is 9.58 Å². The smallest absolute Gasteiger partial charge is 0.100 e. The SMILES string of the molecule is COC[C@H]1CN(Cc2ccc(C)s2)Cc2nnn(C)c21. The fourth-order valence-electron chi connectivity index (χ4n) is 2.94. The van der Waals surface area contributed by atoms with Crippen LogP contribution in [0.4, 0.5) is 0 Å². The molecule has 108 valence electrons. The molecule has 3 rings (SSSR count). The molecular weight excluding hydrogens is 272 g/mol. The molecule has 0 N–H and O–H groups in total. The van der Waals surface area contributed by atoms with Crippen LogP contribution in [0.1, 0.15) is 27.1 Å². The normalized spacial score (nSPS) is 19.2. The number of thiophene rings is 1. The predicted molar refractivity (Wildman–Crippen MR) is 78.8 cm³/mol. The van der Waals surface area contributed by atoms with Gasteiger partial charge in [-0.05, 0) is 19.1 Å². The monoisotopic (exact) mass is 292 g/mol. The highest BCUT2D eigenvalue weighted by atomic mass is 32.1. The van der Waals surface area contributed by atoms with Gasteiger partial charge < -0.3 is 4.74 Å². The summed E-state index contributed by atoms with van der Waals surface area (Å²) in [6.45, 7) is 5.72. The van der Waals surface area contributed by atoms with Crippen LogP contribution in [-0.2, 0) is 24.9 Å². The highest BCUT2D eigenvalue weighted by molar-refractivity contribution is 7.11. The summed E-state index contributed by atoms with van der Waals surface area (Å²) in [6, 6.07) is 4.40. The molecule has 0 aromatic carbocycles. The third-order valence-corrected chi connectivity index (χ3v) is 4.71. The molecule has 3 heterocycles. The summed E-state index contributed by atoms with van der Waals surface area (Å²) in [5, 5.41) is 8.47. The Morgan fingerprint density at radius 2 is 2.30 bits per heavy atom. The van der Waals surface area contributed by atoms with Crippen molar-refractivity contribution in [2.45, 2.75) is 25.9 Å². The van der Waals surface area contributed by atoms with E-state index in [1.54, 1.807) is 7.11 Å². The van der Waals surface area contributed by atoms with Crippen LogP contribution >= 0.6 is 11.3 Å². The lowest BCUT2D eigenvalue weighted by atomic mass is 9.99. The standard InChI is InChI=1S/C14H20N4OS/c1-10-4-5-12(20-10)7-18-6-11(9-19-3)14-13(8-18)15-16-17(14)2/h4-5,11H,6-9H2,1-3H3/t11-/m1/s1. The lowest BCUT2D eigenvalue weighted by molar-refractivity contribution is 0.132. The molecule has 0 fully saturated rings. The Kier molecular flexibility index (Phi) is 3.87. The van der Waals surface area contributed by atoms with Gasteiger partial charge in [0.05, 0.1) is 12.3 Å². The van der Waals surface area contributed by atoms with E-state index in [0.717, 1.165) is 25.3 Å². The summed E-state index contributed by atoms with van der Waals surface area (Å²) in [5.41, 5.74) is 2.32. The first-order chi connectivity index (χ1) is 9.67. The molecule has 20 heavy (non-hydrogen) atoms. The van der Waals surface area contributed by atoms with E-state index < -0.39 is 0 Å². The molecule has 0 aliphatic carbocycles. The van der Waals surface area contributed by atoms with Crippen LogP contribution in [0.15, 0.2) is 12.1 Å². The molecule has 0 spiro atoms. The van der Waals surface area contributed by atoms with Crippen molar-refractivity contribution in [2.75, 3.05) is 20.3 Å². The van der Waals surface area contributed by atoms with Crippen LogP contribution in [0.5, 0.6) is 0 Å². The Labute approximate surface area is 123 Å². The van der Waals surface area contributed by atoms with Crippen LogP contribution in [0.2, 0.25) is 0 Å². The molecule has 0 saturated heterocycles. The lowest BCUT2D eigenvalue weighted by Gasteiger charge is -2.31. The number of methoxy groups -OCH3 is 1. The number of fused-ring (bicyclic) bond motifs is 1. The summed E-state index contributed by atoms with van der Waals surface area (Å²) in [6.07, 6.45) is 0. The Bertz CT molecular complexity index is 592. The fraction of sp³-hybridized carbons (Fsp3) is 0.571.